The molecule has 2 unspecified atom stereocenters. The fourth-order valence-electron chi connectivity index (χ4n) is 0.811. The highest BCUT2D eigenvalue weighted by molar-refractivity contribution is 7.99. The van der Waals surface area contributed by atoms with Gasteiger partial charge in [0.05, 0.1) is 6.10 Å². The average molecular weight is 214 g/mol. The van der Waals surface area contributed by atoms with E-state index in [9.17, 15) is 5.11 Å². The zero-order chi connectivity index (χ0) is 10.7. The average Bonchev–Trinajstić information content (AvgIpc) is 2.01. The predicted octanol–water partition coefficient (Wildman–Crippen LogP) is 0.502. The summed E-state index contributed by atoms with van der Waals surface area (Å²) in [7, 11) is 0. The summed E-state index contributed by atoms with van der Waals surface area (Å²) < 4.78 is 0. The smallest absolute Gasteiger partial charge is 0.223 e. The Labute approximate surface area is 86.9 Å². The minimum Gasteiger partial charge on any atom is -0.392 e. The molecule has 14 heavy (non-hydrogen) atoms. The molecule has 2 atom stereocenters. The largest absolute Gasteiger partial charge is 0.392 e. The molecule has 0 spiro atoms. The van der Waals surface area contributed by atoms with Gasteiger partial charge in [0.15, 0.2) is 0 Å². The van der Waals surface area contributed by atoms with Gasteiger partial charge in [-0.15, -0.1) is 11.8 Å². The van der Waals surface area contributed by atoms with Crippen LogP contribution in [0.15, 0.2) is 11.1 Å². The van der Waals surface area contributed by atoms with Crippen LogP contribution in [0, 0.1) is 0 Å². The molecule has 1 rings (SSSR count). The molecule has 0 aliphatic carbocycles. The molecule has 6 heteroatoms. The summed E-state index contributed by atoms with van der Waals surface area (Å²) in [6.07, 6.45) is -0.405. The summed E-state index contributed by atoms with van der Waals surface area (Å²) in [4.78, 5) is 7.75. The Bertz CT molecular complexity index is 298. The van der Waals surface area contributed by atoms with Gasteiger partial charge >= 0.3 is 0 Å². The molecular formula is C8H14N4OS. The first-order chi connectivity index (χ1) is 6.49. The third-order valence-corrected chi connectivity index (χ3v) is 2.94. The number of rotatable bonds is 3. The van der Waals surface area contributed by atoms with Crippen molar-refractivity contribution in [3.05, 3.63) is 6.07 Å². The molecule has 78 valence electrons. The molecule has 1 aromatic rings. The van der Waals surface area contributed by atoms with Gasteiger partial charge in [-0.1, -0.05) is 6.92 Å². The van der Waals surface area contributed by atoms with E-state index in [1.165, 1.54) is 11.8 Å². The third kappa shape index (κ3) is 3.04. The van der Waals surface area contributed by atoms with Crippen molar-refractivity contribution in [2.75, 3.05) is 11.5 Å². The van der Waals surface area contributed by atoms with Crippen molar-refractivity contribution in [1.82, 2.24) is 9.97 Å². The number of nitrogens with zero attached hydrogens (tertiary/aromatic N) is 2. The third-order valence-electron chi connectivity index (χ3n) is 1.73. The number of nitrogen functional groups attached to an aromatic ring is 2. The molecule has 1 heterocycles. The zero-order valence-corrected chi connectivity index (χ0v) is 8.95. The number of aliphatic hydroxyl groups is 1. The number of hydrogen-bond acceptors (Lipinski definition) is 6. The van der Waals surface area contributed by atoms with Gasteiger partial charge in [0.25, 0.3) is 0 Å². The lowest BCUT2D eigenvalue weighted by molar-refractivity contribution is 0.196. The van der Waals surface area contributed by atoms with Gasteiger partial charge in [-0.3, -0.25) is 0 Å². The van der Waals surface area contributed by atoms with E-state index in [0.717, 1.165) is 0 Å². The lowest BCUT2D eigenvalue weighted by Gasteiger charge is -2.13. The molecule has 0 aliphatic heterocycles. The summed E-state index contributed by atoms with van der Waals surface area (Å²) in [6.45, 7) is 3.63. The molecule has 1 aromatic heterocycles. The Morgan fingerprint density at radius 3 is 2.50 bits per heavy atom. The zero-order valence-electron chi connectivity index (χ0n) is 8.14. The summed E-state index contributed by atoms with van der Waals surface area (Å²) in [5, 5.41) is 10.0. The molecule has 0 aliphatic rings. The van der Waals surface area contributed by atoms with Crippen molar-refractivity contribution in [3.8, 4) is 0 Å². The Kier molecular flexibility index (Phi) is 3.54. The van der Waals surface area contributed by atoms with Crippen LogP contribution in [-0.2, 0) is 0 Å². The molecule has 0 radical (unpaired) electrons. The fraction of sp³-hybridized carbons (Fsp3) is 0.500. The number of hydrogen-bond donors (Lipinski definition) is 3. The Balaban J connectivity index is 2.76. The topological polar surface area (TPSA) is 98.0 Å². The molecule has 0 aromatic carbocycles. The van der Waals surface area contributed by atoms with E-state index in [4.69, 9.17) is 11.5 Å². The van der Waals surface area contributed by atoms with Crippen LogP contribution in [0.5, 0.6) is 0 Å². The van der Waals surface area contributed by atoms with Crippen molar-refractivity contribution in [3.63, 3.8) is 0 Å². The second-order valence-electron chi connectivity index (χ2n) is 3.05. The summed E-state index contributed by atoms with van der Waals surface area (Å²) >= 11 is 1.42. The lowest BCUT2D eigenvalue weighted by atomic mass is 10.3. The molecule has 5 N–H and O–H groups in total. The summed E-state index contributed by atoms with van der Waals surface area (Å²) in [5.74, 6) is 0.503. The quantitative estimate of drug-likeness (QED) is 0.500. The highest BCUT2D eigenvalue weighted by Gasteiger charge is 2.12. The minimum atomic E-state index is -0.405. The van der Waals surface area contributed by atoms with Crippen molar-refractivity contribution in [2.24, 2.45) is 0 Å². The number of anilines is 2. The van der Waals surface area contributed by atoms with Gasteiger partial charge < -0.3 is 16.6 Å². The fourth-order valence-corrected chi connectivity index (χ4v) is 1.72. The number of thioether (sulfide) groups is 1. The van der Waals surface area contributed by atoms with Gasteiger partial charge in [0.2, 0.25) is 5.95 Å². The molecule has 0 fully saturated rings. The van der Waals surface area contributed by atoms with E-state index in [1.54, 1.807) is 13.0 Å². The second kappa shape index (κ2) is 4.47. The maximum absolute atomic E-state index is 9.29. The monoisotopic (exact) mass is 214 g/mol. The normalized spacial score (nSPS) is 15.1. The number of aliphatic hydroxyl groups excluding tert-OH is 1. The minimum absolute atomic E-state index is 0.0451. The van der Waals surface area contributed by atoms with Crippen LogP contribution < -0.4 is 11.5 Å². The van der Waals surface area contributed by atoms with Crippen LogP contribution >= 0.6 is 11.8 Å². The van der Waals surface area contributed by atoms with E-state index in [1.807, 2.05) is 6.92 Å². The standard InChI is InChI=1S/C8H14N4OS/c1-4(13)5(2)14-7-3-6(9)11-8(10)12-7/h3-5,13H,1-2H3,(H4,9,10,11,12). The Morgan fingerprint density at radius 2 is 2.00 bits per heavy atom. The van der Waals surface area contributed by atoms with Crippen LogP contribution in [0.3, 0.4) is 0 Å². The molecule has 0 amide bonds. The summed E-state index contributed by atoms with van der Waals surface area (Å²) in [6, 6.07) is 1.64. The van der Waals surface area contributed by atoms with E-state index in [0.29, 0.717) is 10.8 Å². The van der Waals surface area contributed by atoms with E-state index in [2.05, 4.69) is 9.97 Å². The molecular weight excluding hydrogens is 200 g/mol. The van der Waals surface area contributed by atoms with Gasteiger partial charge in [-0.2, -0.15) is 4.98 Å². The maximum Gasteiger partial charge on any atom is 0.223 e. The van der Waals surface area contributed by atoms with Gasteiger partial charge in [-0.25, -0.2) is 4.98 Å². The maximum atomic E-state index is 9.29. The molecule has 0 saturated heterocycles. The molecule has 0 bridgehead atoms. The van der Waals surface area contributed by atoms with Crippen LogP contribution in [0.25, 0.3) is 0 Å². The highest BCUT2D eigenvalue weighted by atomic mass is 32.2. The summed E-state index contributed by atoms with van der Waals surface area (Å²) in [5.41, 5.74) is 10.9. The van der Waals surface area contributed by atoms with Crippen LogP contribution in [-0.4, -0.2) is 26.4 Å². The Hall–Kier alpha value is -1.01. The number of aromatic nitrogens is 2. The van der Waals surface area contributed by atoms with Crippen molar-refractivity contribution >= 4 is 23.5 Å². The van der Waals surface area contributed by atoms with Gasteiger partial charge in [0, 0.05) is 11.3 Å². The van der Waals surface area contributed by atoms with Crippen LogP contribution in [0.2, 0.25) is 0 Å². The van der Waals surface area contributed by atoms with Gasteiger partial charge in [-0.05, 0) is 6.92 Å². The van der Waals surface area contributed by atoms with E-state index >= 15 is 0 Å². The van der Waals surface area contributed by atoms with Crippen molar-refractivity contribution in [2.45, 2.75) is 30.2 Å². The molecule has 5 nitrogen and oxygen atoms in total. The predicted molar refractivity (Wildman–Crippen MR) is 57.9 cm³/mol. The van der Waals surface area contributed by atoms with Crippen LogP contribution in [0.1, 0.15) is 13.8 Å². The SMILES string of the molecule is CC(O)C(C)Sc1cc(N)nc(N)n1. The van der Waals surface area contributed by atoms with Gasteiger partial charge in [0.1, 0.15) is 10.8 Å². The van der Waals surface area contributed by atoms with Crippen LogP contribution in [0.4, 0.5) is 11.8 Å². The second-order valence-corrected chi connectivity index (χ2v) is 4.45. The first-order valence-electron chi connectivity index (χ1n) is 4.24. The lowest BCUT2D eigenvalue weighted by Crippen LogP contribution is -2.15. The molecule has 0 saturated carbocycles. The first-order valence-corrected chi connectivity index (χ1v) is 5.11. The van der Waals surface area contributed by atoms with E-state index < -0.39 is 6.10 Å². The first kappa shape index (κ1) is 11.1. The number of nitrogens with two attached hydrogens (primary N) is 2. The van der Waals surface area contributed by atoms with E-state index in [-0.39, 0.29) is 11.2 Å². The van der Waals surface area contributed by atoms with Crippen molar-refractivity contribution in [1.29, 1.82) is 0 Å². The Morgan fingerprint density at radius 1 is 1.36 bits per heavy atom. The highest BCUT2D eigenvalue weighted by Crippen LogP contribution is 2.24. The van der Waals surface area contributed by atoms with Crippen molar-refractivity contribution < 1.29 is 5.11 Å².